The molecule has 3 heteroatoms. The van der Waals surface area contributed by atoms with Crippen molar-refractivity contribution in [3.05, 3.63) is 71.6 Å². The van der Waals surface area contributed by atoms with Crippen molar-refractivity contribution in [3.63, 3.8) is 0 Å². The molecule has 0 spiro atoms. The van der Waals surface area contributed by atoms with Crippen LogP contribution in [-0.2, 0) is 0 Å². The van der Waals surface area contributed by atoms with E-state index in [4.69, 9.17) is 0 Å². The fraction of sp³-hybridized carbons (Fsp3) is 0. The van der Waals surface area contributed by atoms with Crippen molar-refractivity contribution in [2.24, 2.45) is 4.99 Å². The molecule has 0 bridgehead atoms. The van der Waals surface area contributed by atoms with Crippen molar-refractivity contribution >= 4 is 23.4 Å². The number of nitrogens with zero attached hydrogens (tertiary/aromatic N) is 2. The second kappa shape index (κ2) is 5.59. The van der Waals surface area contributed by atoms with E-state index in [1.165, 1.54) is 0 Å². The van der Waals surface area contributed by atoms with Crippen molar-refractivity contribution in [1.29, 1.82) is 0 Å². The zero-order valence-electron chi connectivity index (χ0n) is 10.2. The van der Waals surface area contributed by atoms with E-state index in [1.807, 2.05) is 60.1 Å². The molecule has 0 fully saturated rings. The van der Waals surface area contributed by atoms with Crippen LogP contribution in [0, 0.1) is 0 Å². The summed E-state index contributed by atoms with van der Waals surface area (Å²) in [5, 5.41) is 2.97. The molecular formula is C16H12N2S. The van der Waals surface area contributed by atoms with Gasteiger partial charge in [-0.15, -0.1) is 11.3 Å². The third kappa shape index (κ3) is 2.95. The number of aromatic nitrogens is 1. The van der Waals surface area contributed by atoms with Crippen LogP contribution in [0.15, 0.2) is 71.0 Å². The molecule has 2 nitrogen and oxygen atoms in total. The van der Waals surface area contributed by atoms with Crippen LogP contribution in [0.2, 0.25) is 0 Å². The van der Waals surface area contributed by atoms with Crippen LogP contribution in [0.1, 0.15) is 5.56 Å². The molecule has 0 atom stereocenters. The molecule has 2 aromatic carbocycles. The minimum absolute atomic E-state index is 0.757. The van der Waals surface area contributed by atoms with Gasteiger partial charge >= 0.3 is 0 Å². The molecule has 1 aromatic heterocycles. The Balaban J connectivity index is 1.81. The van der Waals surface area contributed by atoms with Crippen LogP contribution in [0.5, 0.6) is 0 Å². The van der Waals surface area contributed by atoms with Gasteiger partial charge in [0.2, 0.25) is 0 Å². The summed E-state index contributed by atoms with van der Waals surface area (Å²) >= 11 is 1.61. The molecule has 0 saturated carbocycles. The molecule has 0 amide bonds. The van der Waals surface area contributed by atoms with Crippen molar-refractivity contribution in [1.82, 2.24) is 4.98 Å². The average Bonchev–Trinajstić information content (AvgIpc) is 2.96. The highest BCUT2D eigenvalue weighted by molar-refractivity contribution is 7.13. The van der Waals surface area contributed by atoms with E-state index in [-0.39, 0.29) is 0 Å². The van der Waals surface area contributed by atoms with Gasteiger partial charge in [0.05, 0.1) is 0 Å². The Morgan fingerprint density at radius 3 is 2.32 bits per heavy atom. The van der Waals surface area contributed by atoms with Crippen LogP contribution in [0.25, 0.3) is 10.6 Å². The quantitative estimate of drug-likeness (QED) is 0.636. The Kier molecular flexibility index (Phi) is 3.47. The smallest absolute Gasteiger partial charge is 0.163 e. The molecule has 0 N–H and O–H groups in total. The predicted molar refractivity (Wildman–Crippen MR) is 81.2 cm³/mol. The standard InChI is InChI=1S/C16H12N2S/c1-3-7-13(8-4-1)11-17-15-12-19-16(18-15)14-9-5-2-6-10-14/h1-12H/b17-11+. The van der Waals surface area contributed by atoms with Gasteiger partial charge in [0.25, 0.3) is 0 Å². The summed E-state index contributed by atoms with van der Waals surface area (Å²) in [7, 11) is 0. The zero-order valence-corrected chi connectivity index (χ0v) is 11.0. The molecule has 0 unspecified atom stereocenters. The Hall–Kier alpha value is -2.26. The second-order valence-electron chi connectivity index (χ2n) is 4.05. The Bertz CT molecular complexity index is 672. The van der Waals surface area contributed by atoms with Crippen LogP contribution in [0.4, 0.5) is 5.82 Å². The summed E-state index contributed by atoms with van der Waals surface area (Å²) < 4.78 is 0. The first-order valence-corrected chi connectivity index (χ1v) is 6.90. The molecule has 92 valence electrons. The highest BCUT2D eigenvalue weighted by Crippen LogP contribution is 2.26. The normalized spacial score (nSPS) is 10.9. The summed E-state index contributed by atoms with van der Waals surface area (Å²) in [5.74, 6) is 0.757. The zero-order chi connectivity index (χ0) is 12.9. The van der Waals surface area contributed by atoms with Gasteiger partial charge < -0.3 is 0 Å². The van der Waals surface area contributed by atoms with E-state index < -0.39 is 0 Å². The molecule has 0 aliphatic carbocycles. The summed E-state index contributed by atoms with van der Waals surface area (Å²) in [6.07, 6.45) is 1.84. The number of rotatable bonds is 3. The summed E-state index contributed by atoms with van der Waals surface area (Å²) in [6.45, 7) is 0. The number of hydrogen-bond donors (Lipinski definition) is 0. The number of benzene rings is 2. The third-order valence-electron chi connectivity index (χ3n) is 2.66. The minimum atomic E-state index is 0.757. The van der Waals surface area contributed by atoms with Crippen molar-refractivity contribution in [2.45, 2.75) is 0 Å². The van der Waals surface area contributed by atoms with Gasteiger partial charge in [-0.25, -0.2) is 9.98 Å². The number of thiazole rings is 1. The monoisotopic (exact) mass is 264 g/mol. The topological polar surface area (TPSA) is 25.2 Å². The van der Waals surface area contributed by atoms with Crippen molar-refractivity contribution < 1.29 is 0 Å². The van der Waals surface area contributed by atoms with E-state index in [1.54, 1.807) is 11.3 Å². The SMILES string of the molecule is C(=N\c1csc(-c2ccccc2)n1)/c1ccccc1. The van der Waals surface area contributed by atoms with E-state index in [2.05, 4.69) is 22.1 Å². The Morgan fingerprint density at radius 1 is 0.895 bits per heavy atom. The van der Waals surface area contributed by atoms with Gasteiger partial charge in [0, 0.05) is 17.2 Å². The molecule has 0 saturated heterocycles. The maximum absolute atomic E-state index is 4.52. The lowest BCUT2D eigenvalue weighted by atomic mass is 10.2. The molecule has 0 aliphatic rings. The molecule has 1 heterocycles. The van der Waals surface area contributed by atoms with E-state index in [0.29, 0.717) is 0 Å². The Morgan fingerprint density at radius 2 is 1.58 bits per heavy atom. The fourth-order valence-electron chi connectivity index (χ4n) is 1.72. The predicted octanol–water partition coefficient (Wildman–Crippen LogP) is 4.56. The first kappa shape index (κ1) is 11.8. The summed E-state index contributed by atoms with van der Waals surface area (Å²) in [5.41, 5.74) is 2.21. The highest BCUT2D eigenvalue weighted by Gasteiger charge is 2.02. The van der Waals surface area contributed by atoms with Crippen LogP contribution < -0.4 is 0 Å². The largest absolute Gasteiger partial charge is 0.236 e. The molecular weight excluding hydrogens is 252 g/mol. The number of hydrogen-bond acceptors (Lipinski definition) is 3. The Labute approximate surface area is 116 Å². The summed E-state index contributed by atoms with van der Waals surface area (Å²) in [6, 6.07) is 20.2. The number of aliphatic imine (C=N–C) groups is 1. The molecule has 3 rings (SSSR count). The maximum atomic E-state index is 4.52. The maximum Gasteiger partial charge on any atom is 0.163 e. The summed E-state index contributed by atoms with van der Waals surface area (Å²) in [4.78, 5) is 8.91. The second-order valence-corrected chi connectivity index (χ2v) is 4.90. The van der Waals surface area contributed by atoms with Crippen molar-refractivity contribution in [3.8, 4) is 10.6 Å². The van der Waals surface area contributed by atoms with Gasteiger partial charge in [-0.1, -0.05) is 60.7 Å². The lowest BCUT2D eigenvalue weighted by molar-refractivity contribution is 1.34. The van der Waals surface area contributed by atoms with Crippen LogP contribution in [0.3, 0.4) is 0 Å². The van der Waals surface area contributed by atoms with Crippen molar-refractivity contribution in [2.75, 3.05) is 0 Å². The van der Waals surface area contributed by atoms with E-state index in [9.17, 15) is 0 Å². The van der Waals surface area contributed by atoms with Gasteiger partial charge in [-0.05, 0) is 5.56 Å². The first-order chi connectivity index (χ1) is 9.42. The van der Waals surface area contributed by atoms with Crippen LogP contribution in [-0.4, -0.2) is 11.2 Å². The van der Waals surface area contributed by atoms with Gasteiger partial charge in [-0.2, -0.15) is 0 Å². The minimum Gasteiger partial charge on any atom is -0.236 e. The van der Waals surface area contributed by atoms with Crippen LogP contribution >= 0.6 is 11.3 Å². The van der Waals surface area contributed by atoms with E-state index in [0.717, 1.165) is 22.0 Å². The third-order valence-corrected chi connectivity index (χ3v) is 3.54. The lowest BCUT2D eigenvalue weighted by Gasteiger charge is -1.93. The van der Waals surface area contributed by atoms with Gasteiger partial charge in [0.15, 0.2) is 5.82 Å². The lowest BCUT2D eigenvalue weighted by Crippen LogP contribution is -1.78. The van der Waals surface area contributed by atoms with E-state index >= 15 is 0 Å². The first-order valence-electron chi connectivity index (χ1n) is 6.02. The molecule has 3 aromatic rings. The molecule has 0 aliphatic heterocycles. The molecule has 0 radical (unpaired) electrons. The van der Waals surface area contributed by atoms with Gasteiger partial charge in [-0.3, -0.25) is 0 Å². The highest BCUT2D eigenvalue weighted by atomic mass is 32.1. The van der Waals surface area contributed by atoms with Gasteiger partial charge in [0.1, 0.15) is 5.01 Å². The molecule has 19 heavy (non-hydrogen) atoms. The average molecular weight is 264 g/mol. The fourth-order valence-corrected chi connectivity index (χ4v) is 2.47.